The van der Waals surface area contributed by atoms with Gasteiger partial charge in [0.25, 0.3) is 12.3 Å². The Bertz CT molecular complexity index is 577. The molecular weight excluding hydrogens is 276 g/mol. The van der Waals surface area contributed by atoms with Gasteiger partial charge in [-0.05, 0) is 11.4 Å². The molecule has 0 aliphatic rings. The van der Waals surface area contributed by atoms with Gasteiger partial charge >= 0.3 is 0 Å². The summed E-state index contributed by atoms with van der Waals surface area (Å²) in [5, 5.41) is 14.3. The third-order valence-corrected chi connectivity index (χ3v) is 3.06. The van der Waals surface area contributed by atoms with Crippen LogP contribution in [0.3, 0.4) is 0 Å². The Kier molecular flexibility index (Phi) is 4.54. The second kappa shape index (κ2) is 6.36. The second-order valence-corrected chi connectivity index (χ2v) is 4.42. The van der Waals surface area contributed by atoms with Crippen LogP contribution < -0.4 is 0 Å². The predicted molar refractivity (Wildman–Crippen MR) is 62.9 cm³/mol. The molecule has 0 aliphatic carbocycles. The van der Waals surface area contributed by atoms with E-state index in [-0.39, 0.29) is 18.9 Å². The highest BCUT2D eigenvalue weighted by Crippen LogP contribution is 2.27. The summed E-state index contributed by atoms with van der Waals surface area (Å²) in [6.07, 6.45) is -2.20. The summed E-state index contributed by atoms with van der Waals surface area (Å²) in [4.78, 5) is 4.70. The number of nitriles is 1. The zero-order chi connectivity index (χ0) is 13.7. The van der Waals surface area contributed by atoms with Crippen molar-refractivity contribution < 1.29 is 18.0 Å². The van der Waals surface area contributed by atoms with Gasteiger partial charge in [-0.15, -0.1) is 11.3 Å². The molecule has 0 unspecified atom stereocenters. The minimum absolute atomic E-state index is 0.0961. The van der Waals surface area contributed by atoms with Crippen molar-refractivity contribution in [1.82, 2.24) is 10.1 Å². The van der Waals surface area contributed by atoms with Crippen molar-refractivity contribution in [1.29, 1.82) is 5.26 Å². The van der Waals surface area contributed by atoms with Crippen LogP contribution in [0.4, 0.5) is 8.78 Å². The van der Waals surface area contributed by atoms with Crippen LogP contribution in [0.5, 0.6) is 0 Å². The summed E-state index contributed by atoms with van der Waals surface area (Å²) in [7, 11) is 0. The van der Waals surface area contributed by atoms with E-state index in [4.69, 9.17) is 14.5 Å². The van der Waals surface area contributed by atoms with Crippen molar-refractivity contribution in [3.63, 3.8) is 0 Å². The first kappa shape index (κ1) is 13.6. The highest BCUT2D eigenvalue weighted by atomic mass is 32.1. The summed E-state index contributed by atoms with van der Waals surface area (Å²) in [6, 6.07) is 3.69. The first-order valence-electron chi connectivity index (χ1n) is 5.37. The van der Waals surface area contributed by atoms with Crippen molar-refractivity contribution >= 4 is 11.3 Å². The van der Waals surface area contributed by atoms with Gasteiger partial charge in [0, 0.05) is 6.42 Å². The van der Waals surface area contributed by atoms with Gasteiger partial charge in [0.2, 0.25) is 0 Å². The van der Waals surface area contributed by atoms with E-state index in [2.05, 4.69) is 10.1 Å². The van der Waals surface area contributed by atoms with Crippen LogP contribution >= 0.6 is 11.3 Å². The molecule has 100 valence electrons. The van der Waals surface area contributed by atoms with Crippen LogP contribution in [0.1, 0.15) is 11.4 Å². The molecule has 5 nitrogen and oxygen atoms in total. The fourth-order valence-corrected chi connectivity index (χ4v) is 2.11. The molecule has 0 bridgehead atoms. The van der Waals surface area contributed by atoms with E-state index in [0.29, 0.717) is 16.3 Å². The van der Waals surface area contributed by atoms with Gasteiger partial charge in [0.15, 0.2) is 5.82 Å². The number of rotatable bonds is 6. The fourth-order valence-electron chi connectivity index (χ4n) is 1.35. The van der Waals surface area contributed by atoms with Gasteiger partial charge in [-0.1, -0.05) is 5.16 Å². The SMILES string of the molecule is N#Cc1ccsc1-c1nc(CCOCC(F)F)no1. The molecule has 0 spiro atoms. The summed E-state index contributed by atoms with van der Waals surface area (Å²) >= 11 is 1.32. The number of halogens is 2. The molecule has 0 amide bonds. The minimum Gasteiger partial charge on any atom is -0.375 e. The van der Waals surface area contributed by atoms with E-state index in [0.717, 1.165) is 0 Å². The molecule has 0 saturated heterocycles. The van der Waals surface area contributed by atoms with E-state index >= 15 is 0 Å². The number of aromatic nitrogens is 2. The molecule has 2 heterocycles. The van der Waals surface area contributed by atoms with Crippen LogP contribution in [0, 0.1) is 11.3 Å². The van der Waals surface area contributed by atoms with Gasteiger partial charge in [-0.3, -0.25) is 0 Å². The minimum atomic E-state index is -2.48. The molecule has 0 aromatic carbocycles. The second-order valence-electron chi connectivity index (χ2n) is 3.51. The standard InChI is InChI=1S/C11H9F2N3O2S/c12-8(13)6-17-3-1-9-15-11(18-16-9)10-7(5-14)2-4-19-10/h2,4,8H,1,3,6H2. The monoisotopic (exact) mass is 285 g/mol. The van der Waals surface area contributed by atoms with Crippen LogP contribution in [0.2, 0.25) is 0 Å². The molecule has 19 heavy (non-hydrogen) atoms. The van der Waals surface area contributed by atoms with Crippen LogP contribution in [0.15, 0.2) is 16.0 Å². The Balaban J connectivity index is 1.94. The van der Waals surface area contributed by atoms with Gasteiger partial charge in [0.05, 0.1) is 12.2 Å². The lowest BCUT2D eigenvalue weighted by Gasteiger charge is -1.99. The lowest BCUT2D eigenvalue weighted by Crippen LogP contribution is -2.07. The van der Waals surface area contributed by atoms with E-state index in [1.807, 2.05) is 6.07 Å². The van der Waals surface area contributed by atoms with E-state index in [9.17, 15) is 8.78 Å². The molecule has 0 radical (unpaired) electrons. The summed E-state index contributed by atoms with van der Waals surface area (Å²) in [5.41, 5.74) is 0.467. The molecule has 0 N–H and O–H groups in total. The Morgan fingerprint density at radius 1 is 1.53 bits per heavy atom. The number of alkyl halides is 2. The van der Waals surface area contributed by atoms with Crippen LogP contribution in [-0.4, -0.2) is 29.8 Å². The molecule has 0 aliphatic heterocycles. The topological polar surface area (TPSA) is 71.9 Å². The number of hydrogen-bond donors (Lipinski definition) is 0. The Hall–Kier alpha value is -1.85. The van der Waals surface area contributed by atoms with Crippen molar-refractivity contribution in [3.05, 3.63) is 22.8 Å². The largest absolute Gasteiger partial charge is 0.375 e. The lowest BCUT2D eigenvalue weighted by atomic mass is 10.3. The zero-order valence-electron chi connectivity index (χ0n) is 9.68. The summed E-state index contributed by atoms with van der Waals surface area (Å²) in [5.74, 6) is 0.622. The van der Waals surface area contributed by atoms with E-state index < -0.39 is 13.0 Å². The Labute approximate surface area is 111 Å². The van der Waals surface area contributed by atoms with Gasteiger partial charge in [0.1, 0.15) is 17.6 Å². The number of ether oxygens (including phenoxy) is 1. The highest BCUT2D eigenvalue weighted by Gasteiger charge is 2.14. The molecule has 8 heteroatoms. The molecule has 2 aromatic rings. The lowest BCUT2D eigenvalue weighted by molar-refractivity contribution is 0.0182. The third-order valence-electron chi connectivity index (χ3n) is 2.16. The summed E-state index contributed by atoms with van der Waals surface area (Å²) in [6.45, 7) is -0.507. The predicted octanol–water partition coefficient (Wildman–Crippen LogP) is 2.49. The quantitative estimate of drug-likeness (QED) is 0.762. The molecule has 0 saturated carbocycles. The summed E-state index contributed by atoms with van der Waals surface area (Å²) < 4.78 is 33.4. The number of nitrogens with zero attached hydrogens (tertiary/aromatic N) is 3. The van der Waals surface area contributed by atoms with Gasteiger partial charge in [-0.25, -0.2) is 8.78 Å². The van der Waals surface area contributed by atoms with Gasteiger partial charge < -0.3 is 9.26 Å². The van der Waals surface area contributed by atoms with Crippen molar-refractivity contribution in [2.24, 2.45) is 0 Å². The first-order chi connectivity index (χ1) is 9.20. The number of thiophene rings is 1. The van der Waals surface area contributed by atoms with E-state index in [1.54, 1.807) is 11.4 Å². The molecule has 0 fully saturated rings. The molecule has 0 atom stereocenters. The van der Waals surface area contributed by atoms with Crippen molar-refractivity contribution in [2.45, 2.75) is 12.8 Å². The Morgan fingerprint density at radius 2 is 2.37 bits per heavy atom. The average Bonchev–Trinajstić information content (AvgIpc) is 3.02. The highest BCUT2D eigenvalue weighted by molar-refractivity contribution is 7.13. The number of hydrogen-bond acceptors (Lipinski definition) is 6. The normalized spacial score (nSPS) is 10.8. The molecular formula is C11H9F2N3O2S. The van der Waals surface area contributed by atoms with Crippen molar-refractivity contribution in [2.75, 3.05) is 13.2 Å². The smallest absolute Gasteiger partial charge is 0.269 e. The zero-order valence-corrected chi connectivity index (χ0v) is 10.5. The van der Waals surface area contributed by atoms with Crippen molar-refractivity contribution in [3.8, 4) is 16.8 Å². The maximum Gasteiger partial charge on any atom is 0.269 e. The molecule has 2 aromatic heterocycles. The maximum atomic E-state index is 11.8. The average molecular weight is 285 g/mol. The van der Waals surface area contributed by atoms with Crippen LogP contribution in [-0.2, 0) is 11.2 Å². The van der Waals surface area contributed by atoms with Gasteiger partial charge in [-0.2, -0.15) is 10.2 Å². The van der Waals surface area contributed by atoms with E-state index in [1.165, 1.54) is 11.3 Å². The Morgan fingerprint density at radius 3 is 3.11 bits per heavy atom. The third kappa shape index (κ3) is 3.56. The maximum absolute atomic E-state index is 11.8. The van der Waals surface area contributed by atoms with Crippen LogP contribution in [0.25, 0.3) is 10.8 Å². The molecule has 2 rings (SSSR count). The fraction of sp³-hybridized carbons (Fsp3) is 0.364. The first-order valence-corrected chi connectivity index (χ1v) is 6.25.